The third-order valence-electron chi connectivity index (χ3n) is 1.91. The molecule has 0 aromatic rings. The number of likely N-dealkylation sites (tertiary alicyclic amines) is 1. The van der Waals surface area contributed by atoms with Gasteiger partial charge >= 0.3 is 0 Å². The molecule has 0 radical (unpaired) electrons. The molecule has 1 rings (SSSR count). The molecule has 0 aliphatic carbocycles. The molecule has 0 saturated carbocycles. The lowest BCUT2D eigenvalue weighted by Gasteiger charge is -2.36. The maximum absolute atomic E-state index is 11.0. The summed E-state index contributed by atoms with van der Waals surface area (Å²) in [5.41, 5.74) is 5.39. The summed E-state index contributed by atoms with van der Waals surface area (Å²) in [6, 6.07) is -0.280. The van der Waals surface area contributed by atoms with E-state index in [1.54, 1.807) is 11.2 Å². The van der Waals surface area contributed by atoms with Gasteiger partial charge in [0, 0.05) is 35.9 Å². The van der Waals surface area contributed by atoms with Gasteiger partial charge in [-0.15, -0.1) is 0 Å². The van der Waals surface area contributed by atoms with Gasteiger partial charge in [-0.3, -0.25) is 9.00 Å². The molecule has 1 aliphatic heterocycles. The van der Waals surface area contributed by atoms with Crippen molar-refractivity contribution >= 4 is 16.7 Å². The fourth-order valence-corrected chi connectivity index (χ4v) is 1.72. The highest BCUT2D eigenvalue weighted by Crippen LogP contribution is 2.07. The molecule has 1 amide bonds. The number of β-lactam (4-membered cyclic amide) rings is 1. The standard InChI is InChI=1S/C7H14N2O2S/c1-12(11)4-2-3-9-5-6(8)7(9)10/h6H,2-5,8H2,1H3. The number of nitrogens with two attached hydrogens (primary N) is 1. The number of carbonyl (C=O) groups excluding carboxylic acids is 1. The number of rotatable bonds is 4. The third-order valence-corrected chi connectivity index (χ3v) is 2.77. The van der Waals surface area contributed by atoms with Gasteiger partial charge in [-0.25, -0.2) is 0 Å². The zero-order valence-corrected chi connectivity index (χ0v) is 7.97. The molecule has 2 unspecified atom stereocenters. The van der Waals surface area contributed by atoms with Gasteiger partial charge < -0.3 is 10.6 Å². The van der Waals surface area contributed by atoms with Crippen LogP contribution in [0, 0.1) is 0 Å². The SMILES string of the molecule is CS(=O)CCCN1CC(N)C1=O. The van der Waals surface area contributed by atoms with Gasteiger partial charge in [-0.2, -0.15) is 0 Å². The second-order valence-corrected chi connectivity index (χ2v) is 4.58. The zero-order valence-electron chi connectivity index (χ0n) is 7.16. The quantitative estimate of drug-likeness (QED) is 0.574. The molecule has 0 bridgehead atoms. The van der Waals surface area contributed by atoms with E-state index in [0.717, 1.165) is 6.42 Å². The number of hydrogen-bond acceptors (Lipinski definition) is 3. The lowest BCUT2D eigenvalue weighted by atomic mass is 10.1. The minimum Gasteiger partial charge on any atom is -0.339 e. The summed E-state index contributed by atoms with van der Waals surface area (Å²) in [5.74, 6) is 0.691. The van der Waals surface area contributed by atoms with E-state index in [-0.39, 0.29) is 11.9 Å². The third kappa shape index (κ3) is 2.28. The van der Waals surface area contributed by atoms with Crippen LogP contribution >= 0.6 is 0 Å². The Morgan fingerprint density at radius 1 is 1.75 bits per heavy atom. The minimum absolute atomic E-state index is 0.0249. The predicted molar refractivity (Wildman–Crippen MR) is 48.1 cm³/mol. The maximum atomic E-state index is 11.0. The van der Waals surface area contributed by atoms with Crippen molar-refractivity contribution in [3.63, 3.8) is 0 Å². The molecule has 1 heterocycles. The van der Waals surface area contributed by atoms with E-state index in [1.165, 1.54) is 0 Å². The Morgan fingerprint density at radius 3 is 2.83 bits per heavy atom. The Morgan fingerprint density at radius 2 is 2.42 bits per heavy atom. The van der Waals surface area contributed by atoms with E-state index < -0.39 is 10.8 Å². The highest BCUT2D eigenvalue weighted by Gasteiger charge is 2.32. The first kappa shape index (κ1) is 9.67. The van der Waals surface area contributed by atoms with Gasteiger partial charge in [0.1, 0.15) is 6.04 Å². The van der Waals surface area contributed by atoms with E-state index >= 15 is 0 Å². The summed E-state index contributed by atoms with van der Waals surface area (Å²) in [6.07, 6.45) is 2.48. The molecule has 0 aromatic heterocycles. The second kappa shape index (κ2) is 4.00. The smallest absolute Gasteiger partial charge is 0.241 e. The first-order chi connectivity index (χ1) is 5.61. The lowest BCUT2D eigenvalue weighted by Crippen LogP contribution is -2.61. The zero-order chi connectivity index (χ0) is 9.14. The van der Waals surface area contributed by atoms with Gasteiger partial charge in [0.25, 0.3) is 0 Å². The minimum atomic E-state index is -0.749. The van der Waals surface area contributed by atoms with Crippen LogP contribution in [0.15, 0.2) is 0 Å². The van der Waals surface area contributed by atoms with Gasteiger partial charge in [-0.1, -0.05) is 0 Å². The number of nitrogens with zero attached hydrogens (tertiary/aromatic N) is 1. The van der Waals surface area contributed by atoms with Crippen LogP contribution in [0.2, 0.25) is 0 Å². The van der Waals surface area contributed by atoms with Gasteiger partial charge in [0.15, 0.2) is 0 Å². The van der Waals surface area contributed by atoms with Crippen LogP contribution in [0.3, 0.4) is 0 Å². The van der Waals surface area contributed by atoms with E-state index in [1.807, 2.05) is 0 Å². The van der Waals surface area contributed by atoms with Crippen molar-refractivity contribution in [2.24, 2.45) is 5.73 Å². The summed E-state index contributed by atoms with van der Waals surface area (Å²) in [7, 11) is -0.749. The molecule has 4 nitrogen and oxygen atoms in total. The first-order valence-electron chi connectivity index (χ1n) is 3.95. The van der Waals surface area contributed by atoms with Crippen molar-refractivity contribution < 1.29 is 9.00 Å². The van der Waals surface area contributed by atoms with Crippen LogP contribution in [0.5, 0.6) is 0 Å². The molecule has 1 aliphatic rings. The Hall–Kier alpha value is -0.420. The van der Waals surface area contributed by atoms with E-state index in [2.05, 4.69) is 0 Å². The van der Waals surface area contributed by atoms with Crippen molar-refractivity contribution in [1.82, 2.24) is 4.90 Å². The molecule has 1 saturated heterocycles. The number of carbonyl (C=O) groups is 1. The molecule has 12 heavy (non-hydrogen) atoms. The molecular weight excluding hydrogens is 176 g/mol. The van der Waals surface area contributed by atoms with Gasteiger partial charge in [-0.05, 0) is 6.42 Å². The molecule has 1 fully saturated rings. The Labute approximate surface area is 74.6 Å². The number of hydrogen-bond donors (Lipinski definition) is 1. The average Bonchev–Trinajstić information content (AvgIpc) is 2.02. The molecule has 2 atom stereocenters. The topological polar surface area (TPSA) is 63.4 Å². The summed E-state index contributed by atoms with van der Waals surface area (Å²) >= 11 is 0. The van der Waals surface area contributed by atoms with Gasteiger partial charge in [0.2, 0.25) is 5.91 Å². The fourth-order valence-electron chi connectivity index (χ4n) is 1.19. The monoisotopic (exact) mass is 190 g/mol. The van der Waals surface area contributed by atoms with E-state index in [9.17, 15) is 9.00 Å². The maximum Gasteiger partial charge on any atom is 0.241 e. The van der Waals surface area contributed by atoms with E-state index in [0.29, 0.717) is 18.8 Å². The number of amides is 1. The van der Waals surface area contributed by atoms with Crippen LogP contribution in [-0.4, -0.2) is 46.2 Å². The molecule has 0 aromatic carbocycles. The highest BCUT2D eigenvalue weighted by molar-refractivity contribution is 7.84. The summed E-state index contributed by atoms with van der Waals surface area (Å²) < 4.78 is 10.7. The molecular formula is C7H14N2O2S. The van der Waals surface area contributed by atoms with Crippen molar-refractivity contribution in [2.45, 2.75) is 12.5 Å². The van der Waals surface area contributed by atoms with Crippen molar-refractivity contribution in [2.75, 3.05) is 25.1 Å². The molecule has 0 spiro atoms. The average molecular weight is 190 g/mol. The van der Waals surface area contributed by atoms with Crippen LogP contribution in [0.4, 0.5) is 0 Å². The fraction of sp³-hybridized carbons (Fsp3) is 0.857. The van der Waals surface area contributed by atoms with Crippen LogP contribution in [0.1, 0.15) is 6.42 Å². The summed E-state index contributed by atoms with van der Waals surface area (Å²) in [5, 5.41) is 0. The Balaban J connectivity index is 2.10. The molecule has 70 valence electrons. The lowest BCUT2D eigenvalue weighted by molar-refractivity contribution is -0.142. The normalized spacial score (nSPS) is 25.3. The van der Waals surface area contributed by atoms with Crippen molar-refractivity contribution in [3.8, 4) is 0 Å². The molecule has 5 heteroatoms. The van der Waals surface area contributed by atoms with Gasteiger partial charge in [0.05, 0.1) is 0 Å². The van der Waals surface area contributed by atoms with Crippen molar-refractivity contribution in [1.29, 1.82) is 0 Å². The Kier molecular flexibility index (Phi) is 3.22. The first-order valence-corrected chi connectivity index (χ1v) is 5.68. The Bertz CT molecular complexity index is 208. The van der Waals surface area contributed by atoms with Crippen molar-refractivity contribution in [3.05, 3.63) is 0 Å². The highest BCUT2D eigenvalue weighted by atomic mass is 32.2. The predicted octanol–water partition coefficient (Wildman–Crippen LogP) is -1.08. The second-order valence-electron chi connectivity index (χ2n) is 3.02. The molecule has 2 N–H and O–H groups in total. The van der Waals surface area contributed by atoms with Crippen LogP contribution < -0.4 is 5.73 Å². The van der Waals surface area contributed by atoms with Crippen LogP contribution in [0.25, 0.3) is 0 Å². The summed E-state index contributed by atoms with van der Waals surface area (Å²) in [6.45, 7) is 1.36. The van der Waals surface area contributed by atoms with Crippen LogP contribution in [-0.2, 0) is 15.6 Å². The largest absolute Gasteiger partial charge is 0.339 e. The summed E-state index contributed by atoms with van der Waals surface area (Å²) in [4.78, 5) is 12.7. The van der Waals surface area contributed by atoms with E-state index in [4.69, 9.17) is 5.73 Å².